The SMILES string of the molecule is N#CC1=C(C#N)C(=O)C(Nc2cccc3cccc(N)c23)=C(Cl)C1=O. The number of nitriles is 2. The van der Waals surface area contributed by atoms with Gasteiger partial charge in [-0.3, -0.25) is 9.59 Å². The minimum absolute atomic E-state index is 0.252. The first-order valence-electron chi connectivity index (χ1n) is 7.07. The van der Waals surface area contributed by atoms with Crippen molar-refractivity contribution >= 4 is 45.3 Å². The van der Waals surface area contributed by atoms with Gasteiger partial charge in [-0.2, -0.15) is 10.5 Å². The summed E-state index contributed by atoms with van der Waals surface area (Å²) in [5.41, 5.74) is 5.60. The number of carbonyl (C=O) groups is 2. The third-order valence-electron chi connectivity index (χ3n) is 3.77. The number of halogens is 1. The zero-order valence-corrected chi connectivity index (χ0v) is 13.4. The van der Waals surface area contributed by atoms with Crippen LogP contribution in [0.4, 0.5) is 11.4 Å². The van der Waals surface area contributed by atoms with Crippen LogP contribution in [-0.4, -0.2) is 11.6 Å². The quantitative estimate of drug-likeness (QED) is 0.636. The lowest BCUT2D eigenvalue weighted by atomic mass is 9.93. The van der Waals surface area contributed by atoms with E-state index in [2.05, 4.69) is 5.32 Å². The second-order valence-electron chi connectivity index (χ2n) is 5.20. The largest absolute Gasteiger partial charge is 0.398 e. The van der Waals surface area contributed by atoms with Crippen molar-refractivity contribution < 1.29 is 9.59 Å². The molecule has 0 saturated carbocycles. The maximum absolute atomic E-state index is 12.5. The summed E-state index contributed by atoms with van der Waals surface area (Å²) in [6, 6.07) is 13.7. The fraction of sp³-hybridized carbons (Fsp3) is 0. The van der Waals surface area contributed by atoms with Gasteiger partial charge in [0.15, 0.2) is 0 Å². The number of hydrogen-bond acceptors (Lipinski definition) is 6. The van der Waals surface area contributed by atoms with E-state index >= 15 is 0 Å². The zero-order valence-electron chi connectivity index (χ0n) is 12.6. The summed E-state index contributed by atoms with van der Waals surface area (Å²) in [5.74, 6) is -1.67. The topological polar surface area (TPSA) is 120 Å². The molecule has 7 heteroatoms. The Morgan fingerprint density at radius 3 is 2.20 bits per heavy atom. The van der Waals surface area contributed by atoms with Crippen molar-refractivity contribution in [1.29, 1.82) is 10.5 Å². The number of nitrogens with zero attached hydrogens (tertiary/aromatic N) is 2. The van der Waals surface area contributed by atoms with E-state index in [1.165, 1.54) is 0 Å². The molecule has 0 fully saturated rings. The molecule has 0 radical (unpaired) electrons. The predicted octanol–water partition coefficient (Wildman–Crippen LogP) is 2.78. The number of allylic oxidation sites excluding steroid dienone is 3. The third-order valence-corrected chi connectivity index (χ3v) is 4.13. The number of carbonyl (C=O) groups excluding carboxylic acids is 2. The van der Waals surface area contributed by atoms with Gasteiger partial charge in [0.1, 0.15) is 34.0 Å². The molecule has 3 N–H and O–H groups in total. The lowest BCUT2D eigenvalue weighted by Gasteiger charge is -2.18. The molecule has 2 aromatic rings. The van der Waals surface area contributed by atoms with E-state index in [9.17, 15) is 9.59 Å². The van der Waals surface area contributed by atoms with Crippen molar-refractivity contribution in [3.63, 3.8) is 0 Å². The molecule has 2 aromatic carbocycles. The Morgan fingerprint density at radius 1 is 0.960 bits per heavy atom. The third kappa shape index (κ3) is 2.51. The van der Waals surface area contributed by atoms with Gasteiger partial charge in [0, 0.05) is 16.8 Å². The van der Waals surface area contributed by atoms with Gasteiger partial charge in [-0.15, -0.1) is 0 Å². The number of Topliss-reactive ketones (excluding diaryl/α,β-unsaturated/α-hetero) is 2. The predicted molar refractivity (Wildman–Crippen MR) is 93.1 cm³/mol. The van der Waals surface area contributed by atoms with Gasteiger partial charge in [-0.1, -0.05) is 35.9 Å². The lowest BCUT2D eigenvalue weighted by Crippen LogP contribution is -2.25. The van der Waals surface area contributed by atoms with E-state index in [4.69, 9.17) is 27.9 Å². The van der Waals surface area contributed by atoms with Crippen LogP contribution in [0.2, 0.25) is 0 Å². The molecule has 25 heavy (non-hydrogen) atoms. The molecule has 0 spiro atoms. The number of hydrogen-bond donors (Lipinski definition) is 2. The standard InChI is InChI=1S/C18H9ClN4O2/c19-15-16(18(25)11(8-21)10(7-20)17(15)24)23-13-6-2-4-9-3-1-5-12(22)14(9)13/h1-6,23H,22H2. The number of benzene rings is 2. The summed E-state index contributed by atoms with van der Waals surface area (Å²) in [6.07, 6.45) is 0. The number of nitrogens with one attached hydrogen (secondary N) is 1. The van der Waals surface area contributed by atoms with Gasteiger partial charge in [0.05, 0.1) is 0 Å². The van der Waals surface area contributed by atoms with Gasteiger partial charge in [0.2, 0.25) is 11.6 Å². The Bertz CT molecular complexity index is 1090. The van der Waals surface area contributed by atoms with E-state index in [1.54, 1.807) is 36.4 Å². The van der Waals surface area contributed by atoms with Gasteiger partial charge >= 0.3 is 0 Å². The fourth-order valence-corrected chi connectivity index (χ4v) is 2.84. The highest BCUT2D eigenvalue weighted by atomic mass is 35.5. The van der Waals surface area contributed by atoms with Gasteiger partial charge in [0.25, 0.3) is 0 Å². The highest BCUT2D eigenvalue weighted by Gasteiger charge is 2.34. The van der Waals surface area contributed by atoms with E-state index in [1.807, 2.05) is 12.1 Å². The van der Waals surface area contributed by atoms with Crippen LogP contribution in [0, 0.1) is 22.7 Å². The summed E-state index contributed by atoms with van der Waals surface area (Å²) in [7, 11) is 0. The summed E-state index contributed by atoms with van der Waals surface area (Å²) >= 11 is 5.99. The average molecular weight is 349 g/mol. The molecular weight excluding hydrogens is 340 g/mol. The molecule has 0 atom stereocenters. The highest BCUT2D eigenvalue weighted by molar-refractivity contribution is 6.50. The summed E-state index contributed by atoms with van der Waals surface area (Å²) in [6.45, 7) is 0. The van der Waals surface area contributed by atoms with Crippen molar-refractivity contribution in [3.8, 4) is 12.1 Å². The fourth-order valence-electron chi connectivity index (χ4n) is 2.61. The van der Waals surface area contributed by atoms with Gasteiger partial charge in [-0.05, 0) is 17.5 Å². The number of ketones is 2. The van der Waals surface area contributed by atoms with Crippen molar-refractivity contribution in [3.05, 3.63) is 58.3 Å². The second-order valence-corrected chi connectivity index (χ2v) is 5.57. The van der Waals surface area contributed by atoms with E-state index < -0.39 is 27.7 Å². The van der Waals surface area contributed by atoms with Gasteiger partial charge < -0.3 is 11.1 Å². The highest BCUT2D eigenvalue weighted by Crippen LogP contribution is 2.33. The average Bonchev–Trinajstić information content (AvgIpc) is 2.61. The smallest absolute Gasteiger partial charge is 0.222 e. The van der Waals surface area contributed by atoms with Crippen molar-refractivity contribution in [1.82, 2.24) is 0 Å². The lowest BCUT2D eigenvalue weighted by molar-refractivity contribution is -0.115. The Hall–Kier alpha value is -3.61. The minimum atomic E-state index is -0.865. The Morgan fingerprint density at radius 2 is 1.56 bits per heavy atom. The normalized spacial score (nSPS) is 14.5. The van der Waals surface area contributed by atoms with E-state index in [0.717, 1.165) is 5.39 Å². The van der Waals surface area contributed by atoms with Crippen LogP contribution >= 0.6 is 11.6 Å². The number of anilines is 2. The first-order chi connectivity index (χ1) is 12.0. The van der Waals surface area contributed by atoms with Crippen LogP contribution < -0.4 is 11.1 Å². The van der Waals surface area contributed by atoms with Crippen LogP contribution in [-0.2, 0) is 9.59 Å². The summed E-state index contributed by atoms with van der Waals surface area (Å²) in [4.78, 5) is 24.7. The minimum Gasteiger partial charge on any atom is -0.398 e. The van der Waals surface area contributed by atoms with Crippen LogP contribution in [0.1, 0.15) is 0 Å². The molecule has 3 rings (SSSR count). The molecule has 0 saturated heterocycles. The molecule has 0 amide bonds. The van der Waals surface area contributed by atoms with Gasteiger partial charge in [-0.25, -0.2) is 0 Å². The monoisotopic (exact) mass is 348 g/mol. The first-order valence-corrected chi connectivity index (χ1v) is 7.45. The number of nitrogen functional groups attached to an aromatic ring is 1. The molecular formula is C18H9ClN4O2. The number of nitrogens with two attached hydrogens (primary N) is 1. The molecule has 0 aliphatic heterocycles. The maximum atomic E-state index is 12.5. The summed E-state index contributed by atoms with van der Waals surface area (Å²) < 4.78 is 0. The van der Waals surface area contributed by atoms with E-state index in [0.29, 0.717) is 16.8 Å². The molecule has 0 aromatic heterocycles. The molecule has 120 valence electrons. The van der Waals surface area contributed by atoms with Crippen LogP contribution in [0.3, 0.4) is 0 Å². The number of fused-ring (bicyclic) bond motifs is 1. The molecule has 1 aliphatic rings. The van der Waals surface area contributed by atoms with E-state index in [-0.39, 0.29) is 5.70 Å². The second kappa shape index (κ2) is 6.12. The van der Waals surface area contributed by atoms with Crippen molar-refractivity contribution in [2.24, 2.45) is 0 Å². The number of rotatable bonds is 2. The Kier molecular flexibility index (Phi) is 3.98. The first kappa shape index (κ1) is 16.3. The summed E-state index contributed by atoms with van der Waals surface area (Å²) in [5, 5.41) is 22.0. The molecule has 0 bridgehead atoms. The van der Waals surface area contributed by atoms with Crippen LogP contribution in [0.5, 0.6) is 0 Å². The van der Waals surface area contributed by atoms with Crippen molar-refractivity contribution in [2.75, 3.05) is 11.1 Å². The van der Waals surface area contributed by atoms with Crippen molar-refractivity contribution in [2.45, 2.75) is 0 Å². The Labute approximate surface area is 147 Å². The van der Waals surface area contributed by atoms with Crippen LogP contribution in [0.25, 0.3) is 10.8 Å². The Balaban J connectivity index is 2.16. The van der Waals surface area contributed by atoms with Crippen LogP contribution in [0.15, 0.2) is 58.3 Å². The zero-order chi connectivity index (χ0) is 18.1. The molecule has 0 heterocycles. The molecule has 6 nitrogen and oxygen atoms in total. The molecule has 0 unspecified atom stereocenters. The maximum Gasteiger partial charge on any atom is 0.222 e. The molecule has 1 aliphatic carbocycles.